The first kappa shape index (κ1) is 15.8. The summed E-state index contributed by atoms with van der Waals surface area (Å²) in [6.45, 7) is 10.7. The number of rotatable bonds is 4. The van der Waals surface area contributed by atoms with Gasteiger partial charge < -0.3 is 4.98 Å². The fraction of sp³-hybridized carbons (Fsp3) is 1.00. The Morgan fingerprint density at radius 3 is 1.68 bits per heavy atom. The molecule has 2 saturated carbocycles. The van der Waals surface area contributed by atoms with Crippen molar-refractivity contribution in [3.05, 3.63) is 0 Å². The second kappa shape index (κ2) is 6.44. The molecule has 19 heavy (non-hydrogen) atoms. The fourth-order valence-electron chi connectivity index (χ4n) is 4.28. The van der Waals surface area contributed by atoms with Crippen LogP contribution in [0.15, 0.2) is 0 Å². The second-order valence-electron chi connectivity index (χ2n) is 8.16. The van der Waals surface area contributed by atoms with E-state index < -0.39 is 15.3 Å². The van der Waals surface area contributed by atoms with Crippen molar-refractivity contribution < 1.29 is 0 Å². The molecule has 0 amide bonds. The lowest BCUT2D eigenvalue weighted by Crippen LogP contribution is -2.69. The van der Waals surface area contributed by atoms with Gasteiger partial charge in [0.25, 0.3) is 0 Å². The largest absolute Gasteiger partial charge is 0.337 e. The van der Waals surface area contributed by atoms with Gasteiger partial charge in [-0.25, -0.2) is 0 Å². The summed E-state index contributed by atoms with van der Waals surface area (Å²) in [5.41, 5.74) is 1.11. The average molecular weight is 298 g/mol. The summed E-state index contributed by atoms with van der Waals surface area (Å²) < 4.78 is 0. The van der Waals surface area contributed by atoms with E-state index in [4.69, 9.17) is 0 Å². The van der Waals surface area contributed by atoms with E-state index in [9.17, 15) is 0 Å². The highest BCUT2D eigenvalue weighted by molar-refractivity contribution is 7.40. The molecule has 1 nitrogen and oxygen atoms in total. The van der Waals surface area contributed by atoms with Crippen LogP contribution in [-0.2, 0) is 0 Å². The van der Waals surface area contributed by atoms with Crippen LogP contribution in [0.5, 0.6) is 0 Å². The zero-order valence-electron chi connectivity index (χ0n) is 13.7. The number of hydrogen-bond acceptors (Lipinski definition) is 1. The van der Waals surface area contributed by atoms with E-state index in [1.54, 1.807) is 12.8 Å². The Labute approximate surface area is 122 Å². The summed E-state index contributed by atoms with van der Waals surface area (Å²) in [5.74, 6) is 0. The predicted molar refractivity (Wildman–Crippen MR) is 91.8 cm³/mol. The average Bonchev–Trinajstić information content (AvgIpc) is 2.40. The van der Waals surface area contributed by atoms with Crippen molar-refractivity contribution in [3.63, 3.8) is 0 Å². The van der Waals surface area contributed by atoms with Gasteiger partial charge in [-0.3, -0.25) is 0 Å². The molecule has 0 aromatic heterocycles. The van der Waals surface area contributed by atoms with Crippen molar-refractivity contribution in [2.24, 2.45) is 0 Å². The highest BCUT2D eigenvalue weighted by Crippen LogP contribution is 2.41. The first-order chi connectivity index (χ1) is 8.93. The van der Waals surface area contributed by atoms with Gasteiger partial charge in [0.05, 0.1) is 7.59 Å². The molecule has 3 heteroatoms. The van der Waals surface area contributed by atoms with E-state index in [2.05, 4.69) is 31.2 Å². The molecule has 0 bridgehead atoms. The molecule has 0 heterocycles. The quantitative estimate of drug-likeness (QED) is 0.700. The highest BCUT2D eigenvalue weighted by Gasteiger charge is 2.47. The van der Waals surface area contributed by atoms with Gasteiger partial charge in [0.15, 0.2) is 0 Å². The van der Waals surface area contributed by atoms with Crippen LogP contribution in [0.25, 0.3) is 0 Å². The molecule has 0 spiro atoms. The smallest absolute Gasteiger partial charge is 0.109 e. The lowest BCUT2D eigenvalue weighted by atomic mass is 9.96. The molecule has 0 radical (unpaired) electrons. The van der Waals surface area contributed by atoms with E-state index in [0.717, 1.165) is 11.6 Å². The summed E-state index contributed by atoms with van der Waals surface area (Å²) in [7, 11) is -2.30. The van der Waals surface area contributed by atoms with E-state index in [1.165, 1.54) is 51.4 Å². The molecule has 0 aromatic carbocycles. The summed E-state index contributed by atoms with van der Waals surface area (Å²) >= 11 is 0. The molecule has 0 unspecified atom stereocenters. The maximum atomic E-state index is 4.23. The van der Waals surface area contributed by atoms with Gasteiger partial charge in [0.2, 0.25) is 0 Å². The third-order valence-corrected chi connectivity index (χ3v) is 24.7. The standard InChI is InChI=1S/C16H35NSi2/c1-18(2,16-13-9-6-10-14-16)19(3,4)17-15-11-7-5-8-12-15/h15-17H,5-14H2,1-4H3. The van der Waals surface area contributed by atoms with Crippen molar-refractivity contribution in [2.75, 3.05) is 0 Å². The number of hydrogen-bond donors (Lipinski definition) is 1. The zero-order chi connectivity index (χ0) is 13.9. The van der Waals surface area contributed by atoms with Gasteiger partial charge in [-0.15, -0.1) is 0 Å². The van der Waals surface area contributed by atoms with Crippen LogP contribution in [0.1, 0.15) is 64.2 Å². The highest BCUT2D eigenvalue weighted by atomic mass is 29.3. The minimum Gasteiger partial charge on any atom is -0.337 e. The van der Waals surface area contributed by atoms with Crippen LogP contribution < -0.4 is 4.98 Å². The molecule has 2 aliphatic rings. The minimum atomic E-state index is -1.22. The lowest BCUT2D eigenvalue weighted by Gasteiger charge is -2.48. The minimum absolute atomic E-state index is 0.866. The fourth-order valence-corrected chi connectivity index (χ4v) is 14.5. The Balaban J connectivity index is 1.98. The summed E-state index contributed by atoms with van der Waals surface area (Å²) in [6, 6.07) is 0.866. The van der Waals surface area contributed by atoms with E-state index in [1.807, 2.05) is 0 Å². The Morgan fingerprint density at radius 2 is 1.16 bits per heavy atom. The van der Waals surface area contributed by atoms with Gasteiger partial charge >= 0.3 is 0 Å². The van der Waals surface area contributed by atoms with E-state index in [0.29, 0.717) is 0 Å². The van der Waals surface area contributed by atoms with E-state index >= 15 is 0 Å². The molecule has 1 N–H and O–H groups in total. The Hall–Kier alpha value is 0.394. The van der Waals surface area contributed by atoms with Crippen molar-refractivity contribution in [1.29, 1.82) is 0 Å². The van der Waals surface area contributed by atoms with Gasteiger partial charge in [0.1, 0.15) is 7.75 Å². The Morgan fingerprint density at radius 1 is 0.684 bits per heavy atom. The topological polar surface area (TPSA) is 12.0 Å². The van der Waals surface area contributed by atoms with Crippen LogP contribution in [0.3, 0.4) is 0 Å². The molecule has 0 saturated heterocycles. The molecule has 112 valence electrons. The molecule has 2 aliphatic carbocycles. The van der Waals surface area contributed by atoms with Gasteiger partial charge in [-0.1, -0.05) is 77.6 Å². The third kappa shape index (κ3) is 3.73. The summed E-state index contributed by atoms with van der Waals surface area (Å²) in [5, 5.41) is 0. The molecular formula is C16H35NSi2. The van der Waals surface area contributed by atoms with E-state index in [-0.39, 0.29) is 0 Å². The maximum Gasteiger partial charge on any atom is 0.109 e. The van der Waals surface area contributed by atoms with Gasteiger partial charge in [0, 0.05) is 6.04 Å². The zero-order valence-corrected chi connectivity index (χ0v) is 15.7. The third-order valence-electron chi connectivity index (χ3n) is 6.41. The molecule has 2 fully saturated rings. The van der Waals surface area contributed by atoms with Crippen molar-refractivity contribution >= 4 is 15.3 Å². The molecule has 2 rings (SSSR count). The first-order valence-electron chi connectivity index (χ1n) is 8.71. The van der Waals surface area contributed by atoms with Crippen LogP contribution in [0, 0.1) is 0 Å². The summed E-state index contributed by atoms with van der Waals surface area (Å²) in [6.07, 6.45) is 14.9. The lowest BCUT2D eigenvalue weighted by molar-refractivity contribution is 0.415. The molecule has 0 aliphatic heterocycles. The van der Waals surface area contributed by atoms with Gasteiger partial charge in [-0.2, -0.15) is 0 Å². The SMILES string of the molecule is C[Si](C)(NC1CCCCC1)[Si](C)(C)C1CCCCC1. The normalized spacial score (nSPS) is 24.6. The second-order valence-corrected chi connectivity index (χ2v) is 23.6. The van der Waals surface area contributed by atoms with Crippen LogP contribution in [-0.4, -0.2) is 21.4 Å². The Kier molecular flexibility index (Phi) is 5.35. The molecule has 0 aromatic rings. The van der Waals surface area contributed by atoms with Crippen LogP contribution >= 0.6 is 0 Å². The molecular weight excluding hydrogens is 262 g/mol. The number of nitrogens with one attached hydrogen (secondary N) is 1. The van der Waals surface area contributed by atoms with Crippen molar-refractivity contribution in [2.45, 2.75) is 102 Å². The molecule has 0 atom stereocenters. The van der Waals surface area contributed by atoms with Crippen LogP contribution in [0.4, 0.5) is 0 Å². The Bertz CT molecular complexity index is 276. The summed E-state index contributed by atoms with van der Waals surface area (Å²) in [4.78, 5) is 4.23. The predicted octanol–water partition coefficient (Wildman–Crippen LogP) is 5.23. The van der Waals surface area contributed by atoms with Crippen molar-refractivity contribution in [3.8, 4) is 0 Å². The first-order valence-corrected chi connectivity index (χ1v) is 15.8. The maximum absolute atomic E-state index is 4.23. The van der Waals surface area contributed by atoms with Gasteiger partial charge in [-0.05, 0) is 18.4 Å². The van der Waals surface area contributed by atoms with Crippen molar-refractivity contribution in [1.82, 2.24) is 4.98 Å². The van der Waals surface area contributed by atoms with Crippen LogP contribution in [0.2, 0.25) is 31.7 Å². The monoisotopic (exact) mass is 297 g/mol.